The molecule has 0 unspecified atom stereocenters. The number of methoxy groups -OCH3 is 2. The lowest BCUT2D eigenvalue weighted by Gasteiger charge is -2.34. The topological polar surface area (TPSA) is 80.3 Å². The van der Waals surface area contributed by atoms with E-state index in [4.69, 9.17) is 14.2 Å². The van der Waals surface area contributed by atoms with Crippen LogP contribution < -0.4 is 14.8 Å². The van der Waals surface area contributed by atoms with Gasteiger partial charge in [-0.05, 0) is 75.2 Å². The van der Waals surface area contributed by atoms with E-state index in [0.717, 1.165) is 63.2 Å². The molecular weight excluding hydrogens is 422 g/mol. The standard InChI is InChI=1S/C25H37N3O5/c1-4-33-24(30)28-9-5-19(6-10-28)26-23(29)22-16-25(22)7-11-27(12-8-25)17-18-13-20(31-2)15-21(14-18)32-3/h13-15,19,22H,4-12,16-17H2,1-3H3,(H,26,29)/t22-/m1/s1. The van der Waals surface area contributed by atoms with E-state index < -0.39 is 0 Å². The first-order valence-corrected chi connectivity index (χ1v) is 12.1. The molecule has 0 radical (unpaired) electrons. The maximum absolute atomic E-state index is 12.9. The number of piperidine rings is 2. The highest BCUT2D eigenvalue weighted by Crippen LogP contribution is 2.59. The summed E-state index contributed by atoms with van der Waals surface area (Å²) in [5.74, 6) is 1.96. The fourth-order valence-electron chi connectivity index (χ4n) is 5.37. The summed E-state index contributed by atoms with van der Waals surface area (Å²) in [5.41, 5.74) is 1.36. The fourth-order valence-corrected chi connectivity index (χ4v) is 5.37. The van der Waals surface area contributed by atoms with E-state index in [1.54, 1.807) is 19.1 Å². The number of benzene rings is 1. The van der Waals surface area contributed by atoms with Crippen molar-refractivity contribution in [1.29, 1.82) is 0 Å². The molecular formula is C25H37N3O5. The highest BCUT2D eigenvalue weighted by Gasteiger charge is 2.58. The third-order valence-corrected chi connectivity index (χ3v) is 7.54. The van der Waals surface area contributed by atoms with Crippen molar-refractivity contribution in [1.82, 2.24) is 15.1 Å². The number of nitrogens with one attached hydrogen (secondary N) is 1. The lowest BCUT2D eigenvalue weighted by molar-refractivity contribution is -0.124. The van der Waals surface area contributed by atoms with Gasteiger partial charge in [0.25, 0.3) is 0 Å². The van der Waals surface area contributed by atoms with E-state index in [1.807, 2.05) is 13.0 Å². The molecule has 2 heterocycles. The predicted molar refractivity (Wildman–Crippen MR) is 124 cm³/mol. The van der Waals surface area contributed by atoms with Gasteiger partial charge in [0.2, 0.25) is 5.91 Å². The number of carbonyl (C=O) groups is 2. The summed E-state index contributed by atoms with van der Waals surface area (Å²) >= 11 is 0. The Morgan fingerprint density at radius 3 is 2.24 bits per heavy atom. The summed E-state index contributed by atoms with van der Waals surface area (Å²) in [6.07, 6.45) is 4.47. The molecule has 3 fully saturated rings. The van der Waals surface area contributed by atoms with Gasteiger partial charge in [0.1, 0.15) is 11.5 Å². The van der Waals surface area contributed by atoms with Crippen LogP contribution in [-0.2, 0) is 16.1 Å². The molecule has 8 nitrogen and oxygen atoms in total. The van der Waals surface area contributed by atoms with Gasteiger partial charge in [-0.3, -0.25) is 9.69 Å². The summed E-state index contributed by atoms with van der Waals surface area (Å²) in [5, 5.41) is 3.26. The van der Waals surface area contributed by atoms with Crippen LogP contribution in [0.25, 0.3) is 0 Å². The minimum Gasteiger partial charge on any atom is -0.497 e. The van der Waals surface area contributed by atoms with Gasteiger partial charge >= 0.3 is 6.09 Å². The largest absolute Gasteiger partial charge is 0.497 e. The summed E-state index contributed by atoms with van der Waals surface area (Å²) in [6.45, 7) is 6.36. The van der Waals surface area contributed by atoms with Crippen molar-refractivity contribution >= 4 is 12.0 Å². The van der Waals surface area contributed by atoms with Gasteiger partial charge in [-0.15, -0.1) is 0 Å². The molecule has 1 aromatic carbocycles. The van der Waals surface area contributed by atoms with Crippen molar-refractivity contribution in [3.63, 3.8) is 0 Å². The molecule has 2 amide bonds. The molecule has 1 saturated carbocycles. The van der Waals surface area contributed by atoms with Gasteiger partial charge in [0, 0.05) is 37.7 Å². The average Bonchev–Trinajstić information content (AvgIpc) is 3.54. The van der Waals surface area contributed by atoms with Crippen molar-refractivity contribution in [2.75, 3.05) is 47.0 Å². The molecule has 33 heavy (non-hydrogen) atoms. The van der Waals surface area contributed by atoms with Gasteiger partial charge < -0.3 is 24.4 Å². The van der Waals surface area contributed by atoms with Crippen molar-refractivity contribution < 1.29 is 23.8 Å². The second kappa shape index (κ2) is 10.2. The Hall–Kier alpha value is -2.48. The number of nitrogens with zero attached hydrogens (tertiary/aromatic N) is 2. The first kappa shape index (κ1) is 23.7. The smallest absolute Gasteiger partial charge is 0.409 e. The Bertz CT molecular complexity index is 822. The van der Waals surface area contributed by atoms with Crippen molar-refractivity contribution in [3.8, 4) is 11.5 Å². The van der Waals surface area contributed by atoms with Crippen LogP contribution in [0, 0.1) is 11.3 Å². The Morgan fingerprint density at radius 1 is 1.03 bits per heavy atom. The molecule has 2 saturated heterocycles. The molecule has 1 atom stereocenters. The van der Waals surface area contributed by atoms with E-state index in [9.17, 15) is 9.59 Å². The highest BCUT2D eigenvalue weighted by atomic mass is 16.6. The molecule has 1 N–H and O–H groups in total. The van der Waals surface area contributed by atoms with Crippen LogP contribution in [0.3, 0.4) is 0 Å². The molecule has 182 valence electrons. The zero-order valence-electron chi connectivity index (χ0n) is 20.1. The monoisotopic (exact) mass is 459 g/mol. The van der Waals surface area contributed by atoms with Gasteiger partial charge in [-0.25, -0.2) is 4.79 Å². The van der Waals surface area contributed by atoms with Gasteiger partial charge in [0.15, 0.2) is 0 Å². The van der Waals surface area contributed by atoms with Crippen molar-refractivity contribution in [2.45, 2.75) is 51.6 Å². The zero-order valence-corrected chi connectivity index (χ0v) is 20.1. The van der Waals surface area contributed by atoms with Gasteiger partial charge in [0.05, 0.1) is 20.8 Å². The molecule has 1 aromatic rings. The number of ether oxygens (including phenoxy) is 3. The molecule has 8 heteroatoms. The third-order valence-electron chi connectivity index (χ3n) is 7.54. The predicted octanol–water partition coefficient (Wildman–Crippen LogP) is 3.04. The lowest BCUT2D eigenvalue weighted by atomic mass is 9.90. The first-order valence-electron chi connectivity index (χ1n) is 12.1. The highest BCUT2D eigenvalue weighted by molar-refractivity contribution is 5.83. The molecule has 2 aliphatic heterocycles. The van der Waals surface area contributed by atoms with Crippen LogP contribution in [0.4, 0.5) is 4.79 Å². The minimum atomic E-state index is -0.248. The second-order valence-electron chi connectivity index (χ2n) is 9.58. The lowest BCUT2D eigenvalue weighted by Crippen LogP contribution is -2.47. The maximum Gasteiger partial charge on any atom is 0.409 e. The SMILES string of the molecule is CCOC(=O)N1CCC(NC(=O)[C@H]2CC23CCN(Cc2cc(OC)cc(OC)c2)CC3)CC1. The van der Waals surface area contributed by atoms with E-state index in [0.29, 0.717) is 19.7 Å². The Balaban J connectivity index is 1.22. The summed E-state index contributed by atoms with van der Waals surface area (Å²) in [6, 6.07) is 6.17. The molecule has 3 aliphatic rings. The molecule has 1 aliphatic carbocycles. The fraction of sp³-hybridized carbons (Fsp3) is 0.680. The van der Waals surface area contributed by atoms with Crippen LogP contribution in [-0.4, -0.2) is 74.8 Å². The number of likely N-dealkylation sites (tertiary alicyclic amines) is 2. The number of hydrogen-bond donors (Lipinski definition) is 1. The second-order valence-corrected chi connectivity index (χ2v) is 9.58. The Labute approximate surface area is 196 Å². The molecule has 4 rings (SSSR count). The van der Waals surface area contributed by atoms with Crippen LogP contribution >= 0.6 is 0 Å². The van der Waals surface area contributed by atoms with Crippen molar-refractivity contribution in [2.24, 2.45) is 11.3 Å². The number of rotatable bonds is 7. The van der Waals surface area contributed by atoms with Gasteiger partial charge in [-0.1, -0.05) is 0 Å². The first-order chi connectivity index (χ1) is 16.0. The number of amides is 2. The zero-order chi connectivity index (χ0) is 23.4. The quantitative estimate of drug-likeness (QED) is 0.675. The van der Waals surface area contributed by atoms with Crippen LogP contribution in [0.15, 0.2) is 18.2 Å². The van der Waals surface area contributed by atoms with Gasteiger partial charge in [-0.2, -0.15) is 0 Å². The normalized spacial score (nSPS) is 22.6. The summed E-state index contributed by atoms with van der Waals surface area (Å²) < 4.78 is 15.9. The van der Waals surface area contributed by atoms with E-state index >= 15 is 0 Å². The summed E-state index contributed by atoms with van der Waals surface area (Å²) in [7, 11) is 3.34. The molecule has 1 spiro atoms. The van der Waals surface area contributed by atoms with E-state index in [1.165, 1.54) is 5.56 Å². The van der Waals surface area contributed by atoms with E-state index in [2.05, 4.69) is 22.3 Å². The Kier molecular flexibility index (Phi) is 7.32. The van der Waals surface area contributed by atoms with E-state index in [-0.39, 0.29) is 29.4 Å². The minimum absolute atomic E-state index is 0.139. The molecule has 0 bridgehead atoms. The maximum atomic E-state index is 12.9. The van der Waals surface area contributed by atoms with Crippen LogP contribution in [0.2, 0.25) is 0 Å². The summed E-state index contributed by atoms with van der Waals surface area (Å²) in [4.78, 5) is 29.0. The average molecular weight is 460 g/mol. The Morgan fingerprint density at radius 2 is 1.67 bits per heavy atom. The van der Waals surface area contributed by atoms with Crippen LogP contribution in [0.1, 0.15) is 44.6 Å². The molecule has 0 aromatic heterocycles. The number of carbonyl (C=O) groups excluding carboxylic acids is 2. The van der Waals surface area contributed by atoms with Crippen LogP contribution in [0.5, 0.6) is 11.5 Å². The number of hydrogen-bond acceptors (Lipinski definition) is 6. The third kappa shape index (κ3) is 5.54. The van der Waals surface area contributed by atoms with Crippen molar-refractivity contribution in [3.05, 3.63) is 23.8 Å².